The molecule has 0 bridgehead atoms. The van der Waals surface area contributed by atoms with Gasteiger partial charge in [0.05, 0.1) is 14.2 Å². The van der Waals surface area contributed by atoms with Gasteiger partial charge in [-0.05, 0) is 24.6 Å². The molecule has 1 aromatic carbocycles. The van der Waals surface area contributed by atoms with Crippen molar-refractivity contribution in [3.63, 3.8) is 0 Å². The number of methoxy groups -OCH3 is 2. The van der Waals surface area contributed by atoms with Crippen LogP contribution in [0.15, 0.2) is 29.5 Å². The van der Waals surface area contributed by atoms with Crippen molar-refractivity contribution in [1.82, 2.24) is 29.9 Å². The molecule has 0 saturated carbocycles. The van der Waals surface area contributed by atoms with Crippen LogP contribution in [-0.4, -0.2) is 77.5 Å². The molecule has 0 unspecified atom stereocenters. The van der Waals surface area contributed by atoms with E-state index in [1.54, 1.807) is 25.2 Å². The molecule has 0 amide bonds. The second-order valence-electron chi connectivity index (χ2n) is 6.92. The Morgan fingerprint density at radius 3 is 2.47 bits per heavy atom. The highest BCUT2D eigenvalue weighted by Crippen LogP contribution is 2.28. The number of ether oxygens (including phenoxy) is 2. The first-order valence-corrected chi connectivity index (χ1v) is 9.94. The first-order chi connectivity index (χ1) is 14.1. The molecule has 1 aromatic heterocycles. The number of hydrogen-bond acceptors (Lipinski definition) is 6. The van der Waals surface area contributed by atoms with E-state index in [1.807, 2.05) is 13.1 Å². The highest BCUT2D eigenvalue weighted by atomic mass is 127. The van der Waals surface area contributed by atoms with Gasteiger partial charge in [-0.1, -0.05) is 6.07 Å². The second kappa shape index (κ2) is 11.9. The Bertz CT molecular complexity index is 819. The van der Waals surface area contributed by atoms with Gasteiger partial charge in [0.1, 0.15) is 18.7 Å². The van der Waals surface area contributed by atoms with E-state index in [0.29, 0.717) is 6.54 Å². The average Bonchev–Trinajstić information content (AvgIpc) is 3.16. The third-order valence-corrected chi connectivity index (χ3v) is 5.04. The molecule has 166 valence electrons. The largest absolute Gasteiger partial charge is 0.493 e. The average molecular weight is 529 g/mol. The van der Waals surface area contributed by atoms with Gasteiger partial charge in [-0.2, -0.15) is 5.10 Å². The summed E-state index contributed by atoms with van der Waals surface area (Å²) < 4.78 is 12.5. The Morgan fingerprint density at radius 1 is 1.13 bits per heavy atom. The molecule has 9 nitrogen and oxygen atoms in total. The van der Waals surface area contributed by atoms with Crippen LogP contribution in [0.5, 0.6) is 11.5 Å². The molecule has 1 aliphatic heterocycles. The molecule has 2 heterocycles. The maximum Gasteiger partial charge on any atom is 0.194 e. The van der Waals surface area contributed by atoms with E-state index >= 15 is 0 Å². The summed E-state index contributed by atoms with van der Waals surface area (Å²) in [6.07, 6.45) is 1.56. The molecule has 0 aliphatic carbocycles. The highest BCUT2D eigenvalue weighted by molar-refractivity contribution is 14.0. The molecule has 2 aromatic rings. The third kappa shape index (κ3) is 6.21. The van der Waals surface area contributed by atoms with Crippen molar-refractivity contribution in [1.29, 1.82) is 0 Å². The van der Waals surface area contributed by atoms with E-state index in [0.717, 1.165) is 62.6 Å². The normalized spacial score (nSPS) is 14.9. The monoisotopic (exact) mass is 529 g/mol. The van der Waals surface area contributed by atoms with E-state index in [2.05, 4.69) is 44.3 Å². The molecule has 30 heavy (non-hydrogen) atoms. The lowest BCUT2D eigenvalue weighted by atomic mass is 10.1. The summed E-state index contributed by atoms with van der Waals surface area (Å²) in [7, 11) is 5.21. The standard InChI is InChI=1S/C20H31N7O2.HI/c1-5-21-20(22-13-19-23-15-24-25(19)2)27-10-8-26(9-11-27)14-16-6-7-17(28-3)18(12-16)29-4;/h6-7,12,15H,5,8-11,13-14H2,1-4H3,(H,21,22);1H. The van der Waals surface area contributed by atoms with E-state index in [4.69, 9.17) is 14.5 Å². The fraction of sp³-hybridized carbons (Fsp3) is 0.550. The zero-order valence-electron chi connectivity index (χ0n) is 18.2. The fourth-order valence-corrected chi connectivity index (χ4v) is 3.39. The fourth-order valence-electron chi connectivity index (χ4n) is 3.39. The topological polar surface area (TPSA) is 80.0 Å². The zero-order chi connectivity index (χ0) is 20.6. The van der Waals surface area contributed by atoms with Crippen LogP contribution in [0.1, 0.15) is 18.3 Å². The number of guanidine groups is 1. The minimum atomic E-state index is 0. The van der Waals surface area contributed by atoms with Gasteiger partial charge in [0.2, 0.25) is 0 Å². The maximum atomic E-state index is 5.42. The van der Waals surface area contributed by atoms with Gasteiger partial charge in [-0.25, -0.2) is 9.98 Å². The van der Waals surface area contributed by atoms with Crippen molar-refractivity contribution in [2.24, 2.45) is 12.0 Å². The van der Waals surface area contributed by atoms with Crippen LogP contribution in [0.25, 0.3) is 0 Å². The molecular weight excluding hydrogens is 497 g/mol. The van der Waals surface area contributed by atoms with Crippen molar-refractivity contribution in [3.8, 4) is 11.5 Å². The number of aryl methyl sites for hydroxylation is 1. The first kappa shape index (κ1) is 24.2. The number of benzene rings is 1. The SMILES string of the molecule is CCNC(=NCc1ncnn1C)N1CCN(Cc2ccc(OC)c(OC)c2)CC1.I. The number of piperazine rings is 1. The Balaban J connectivity index is 0.00000320. The lowest BCUT2D eigenvalue weighted by Gasteiger charge is -2.36. The number of halogens is 1. The maximum absolute atomic E-state index is 5.42. The summed E-state index contributed by atoms with van der Waals surface area (Å²) in [5.74, 6) is 3.32. The minimum absolute atomic E-state index is 0. The van der Waals surface area contributed by atoms with Gasteiger partial charge in [0.15, 0.2) is 17.5 Å². The van der Waals surface area contributed by atoms with Crippen molar-refractivity contribution in [2.75, 3.05) is 46.9 Å². The van der Waals surface area contributed by atoms with E-state index in [1.165, 1.54) is 5.56 Å². The van der Waals surface area contributed by atoms with Crippen LogP contribution in [0.3, 0.4) is 0 Å². The molecule has 0 radical (unpaired) electrons. The second-order valence-corrected chi connectivity index (χ2v) is 6.92. The van der Waals surface area contributed by atoms with Gasteiger partial charge < -0.3 is 19.7 Å². The molecule has 0 spiro atoms. The number of nitrogens with zero attached hydrogens (tertiary/aromatic N) is 6. The Kier molecular flexibility index (Phi) is 9.63. The zero-order valence-corrected chi connectivity index (χ0v) is 20.5. The molecule has 1 saturated heterocycles. The van der Waals surface area contributed by atoms with Crippen molar-refractivity contribution >= 4 is 29.9 Å². The lowest BCUT2D eigenvalue weighted by molar-refractivity contribution is 0.172. The minimum Gasteiger partial charge on any atom is -0.493 e. The van der Waals surface area contributed by atoms with Gasteiger partial charge in [-0.3, -0.25) is 9.58 Å². The first-order valence-electron chi connectivity index (χ1n) is 9.94. The van der Waals surface area contributed by atoms with Crippen LogP contribution >= 0.6 is 24.0 Å². The van der Waals surface area contributed by atoms with E-state index in [9.17, 15) is 0 Å². The summed E-state index contributed by atoms with van der Waals surface area (Å²) in [6.45, 7) is 8.14. The Morgan fingerprint density at radius 2 is 1.87 bits per heavy atom. The van der Waals surface area contributed by atoms with Gasteiger partial charge >= 0.3 is 0 Å². The van der Waals surface area contributed by atoms with Crippen LogP contribution < -0.4 is 14.8 Å². The van der Waals surface area contributed by atoms with Gasteiger partial charge in [0, 0.05) is 46.3 Å². The Hall–Kier alpha value is -2.08. The van der Waals surface area contributed by atoms with E-state index < -0.39 is 0 Å². The lowest BCUT2D eigenvalue weighted by Crippen LogP contribution is -2.52. The van der Waals surface area contributed by atoms with Crippen LogP contribution in [0.2, 0.25) is 0 Å². The van der Waals surface area contributed by atoms with Crippen LogP contribution in [0.4, 0.5) is 0 Å². The molecular formula is C20H32IN7O2. The molecule has 0 atom stereocenters. The predicted octanol–water partition coefficient (Wildman–Crippen LogP) is 1.73. The van der Waals surface area contributed by atoms with Gasteiger partial charge in [0.25, 0.3) is 0 Å². The van der Waals surface area contributed by atoms with Gasteiger partial charge in [-0.15, -0.1) is 24.0 Å². The number of aliphatic imine (C=N–C) groups is 1. The number of aromatic nitrogens is 3. The molecule has 3 rings (SSSR count). The van der Waals surface area contributed by atoms with Crippen molar-refractivity contribution in [3.05, 3.63) is 35.9 Å². The summed E-state index contributed by atoms with van der Waals surface area (Å²) in [6, 6.07) is 6.12. The smallest absolute Gasteiger partial charge is 0.194 e. The Labute approximate surface area is 195 Å². The van der Waals surface area contributed by atoms with Crippen molar-refractivity contribution in [2.45, 2.75) is 20.0 Å². The number of nitrogens with one attached hydrogen (secondary N) is 1. The summed E-state index contributed by atoms with van der Waals surface area (Å²) in [4.78, 5) is 13.8. The predicted molar refractivity (Wildman–Crippen MR) is 128 cm³/mol. The number of rotatable bonds is 7. The molecule has 10 heteroatoms. The molecule has 1 N–H and O–H groups in total. The summed E-state index contributed by atoms with van der Waals surface area (Å²) in [5.41, 5.74) is 1.22. The third-order valence-electron chi connectivity index (χ3n) is 5.04. The quantitative estimate of drug-likeness (QED) is 0.333. The molecule has 1 aliphatic rings. The summed E-state index contributed by atoms with van der Waals surface area (Å²) in [5, 5.41) is 7.50. The highest BCUT2D eigenvalue weighted by Gasteiger charge is 2.20. The summed E-state index contributed by atoms with van der Waals surface area (Å²) >= 11 is 0. The van der Waals surface area contributed by atoms with Crippen LogP contribution in [0, 0.1) is 0 Å². The van der Waals surface area contributed by atoms with E-state index in [-0.39, 0.29) is 24.0 Å². The molecule has 1 fully saturated rings. The number of hydrogen-bond donors (Lipinski definition) is 1. The van der Waals surface area contributed by atoms with Crippen molar-refractivity contribution < 1.29 is 9.47 Å². The van der Waals surface area contributed by atoms with Crippen LogP contribution in [-0.2, 0) is 20.1 Å².